The van der Waals surface area contributed by atoms with Crippen LogP contribution in [-0.2, 0) is 11.3 Å². The van der Waals surface area contributed by atoms with Crippen molar-refractivity contribution in [3.05, 3.63) is 58.0 Å². The van der Waals surface area contributed by atoms with Gasteiger partial charge in [-0.25, -0.2) is 9.78 Å². The number of ether oxygens (including phenoxy) is 1. The maximum Gasteiger partial charge on any atom is 0.409 e. The Labute approximate surface area is 208 Å². The molecule has 1 saturated heterocycles. The van der Waals surface area contributed by atoms with Crippen molar-refractivity contribution >= 4 is 40.8 Å². The van der Waals surface area contributed by atoms with Crippen LogP contribution in [0.5, 0.6) is 0 Å². The molecule has 180 valence electrons. The van der Waals surface area contributed by atoms with E-state index in [1.165, 1.54) is 0 Å². The molecule has 1 unspecified atom stereocenters. The van der Waals surface area contributed by atoms with E-state index in [2.05, 4.69) is 4.98 Å². The molecule has 0 aliphatic carbocycles. The average molecular weight is 504 g/mol. The van der Waals surface area contributed by atoms with Crippen LogP contribution in [0.3, 0.4) is 0 Å². The number of piperidine rings is 1. The van der Waals surface area contributed by atoms with Crippen LogP contribution in [0.4, 0.5) is 4.79 Å². The van der Waals surface area contributed by atoms with Crippen LogP contribution in [-0.4, -0.2) is 64.0 Å². The Hall–Kier alpha value is -2.81. The molecule has 1 aromatic carbocycles. The van der Waals surface area contributed by atoms with E-state index in [9.17, 15) is 9.59 Å². The highest BCUT2D eigenvalue weighted by Gasteiger charge is 2.30. The molecule has 10 heteroatoms. The van der Waals surface area contributed by atoms with Crippen molar-refractivity contribution in [1.82, 2.24) is 19.2 Å². The first-order chi connectivity index (χ1) is 16.3. The molecule has 8 nitrogen and oxygen atoms in total. The second kappa shape index (κ2) is 10.2. The Morgan fingerprint density at radius 1 is 1.26 bits per heavy atom. The lowest BCUT2D eigenvalue weighted by Gasteiger charge is -2.36. The molecule has 1 fully saturated rings. The second-order valence-corrected chi connectivity index (χ2v) is 9.11. The molecule has 0 bridgehead atoms. The fourth-order valence-corrected chi connectivity index (χ4v) is 4.85. The summed E-state index contributed by atoms with van der Waals surface area (Å²) in [6.45, 7) is 3.44. The van der Waals surface area contributed by atoms with Crippen molar-refractivity contribution in [2.45, 2.75) is 32.4 Å². The summed E-state index contributed by atoms with van der Waals surface area (Å²) in [4.78, 5) is 33.4. The highest BCUT2D eigenvalue weighted by Crippen LogP contribution is 2.33. The van der Waals surface area contributed by atoms with Gasteiger partial charge in [0.25, 0.3) is 5.91 Å². The number of fused-ring (bicyclic) bond motifs is 1. The number of nitrogens with zero attached hydrogens (tertiary/aromatic N) is 4. The molecule has 2 aromatic heterocycles. The van der Waals surface area contributed by atoms with Crippen LogP contribution in [0.2, 0.25) is 10.0 Å². The first-order valence-corrected chi connectivity index (χ1v) is 11.9. The van der Waals surface area contributed by atoms with E-state index in [-0.39, 0.29) is 24.6 Å². The number of rotatable bonds is 5. The quantitative estimate of drug-likeness (QED) is 0.554. The largest absolute Gasteiger partial charge is 0.450 e. The molecule has 1 aliphatic heterocycles. The van der Waals surface area contributed by atoms with Crippen molar-refractivity contribution in [2.24, 2.45) is 5.73 Å². The molecule has 0 saturated carbocycles. The van der Waals surface area contributed by atoms with Crippen LogP contribution < -0.4 is 5.73 Å². The molecule has 0 radical (unpaired) electrons. The van der Waals surface area contributed by atoms with Gasteiger partial charge < -0.3 is 20.3 Å². The molecule has 2 N–H and O–H groups in total. The van der Waals surface area contributed by atoms with Crippen molar-refractivity contribution in [3.63, 3.8) is 0 Å². The van der Waals surface area contributed by atoms with E-state index < -0.39 is 0 Å². The van der Waals surface area contributed by atoms with Gasteiger partial charge >= 0.3 is 6.09 Å². The first-order valence-electron chi connectivity index (χ1n) is 11.2. The standard InChI is InChI=1S/C24H27Cl2N5O3/c1-3-34-24(33)30-8-4-5-17(13-30)29(2)23(32)21-12-28-22-9-15(11-27)19(14-31(21)22)18-7-6-16(25)10-20(18)26/h6-7,9-10,12,14,17H,3-5,8,11,13,27H2,1-2H3. The fourth-order valence-electron chi connectivity index (χ4n) is 4.34. The Kier molecular flexibility index (Phi) is 7.30. The number of likely N-dealkylation sites (tertiary alicyclic amines) is 1. The molecule has 3 heterocycles. The summed E-state index contributed by atoms with van der Waals surface area (Å²) in [5, 5.41) is 1.03. The van der Waals surface area contributed by atoms with Gasteiger partial charge in [0.1, 0.15) is 11.3 Å². The normalized spacial score (nSPS) is 16.0. The van der Waals surface area contributed by atoms with Crippen molar-refractivity contribution in [3.8, 4) is 11.1 Å². The Morgan fingerprint density at radius 2 is 2.06 bits per heavy atom. The molecule has 1 atom stereocenters. The van der Waals surface area contributed by atoms with Crippen molar-refractivity contribution in [1.29, 1.82) is 0 Å². The minimum atomic E-state index is -0.346. The predicted molar refractivity (Wildman–Crippen MR) is 132 cm³/mol. The third-order valence-electron chi connectivity index (χ3n) is 6.18. The zero-order valence-electron chi connectivity index (χ0n) is 19.1. The van der Waals surface area contributed by atoms with Gasteiger partial charge in [-0.1, -0.05) is 29.3 Å². The maximum absolute atomic E-state index is 13.5. The molecule has 2 amide bonds. The van der Waals surface area contributed by atoms with E-state index in [0.717, 1.165) is 29.5 Å². The van der Waals surface area contributed by atoms with E-state index in [1.807, 2.05) is 18.3 Å². The molecular weight excluding hydrogens is 477 g/mol. The number of benzene rings is 1. The molecular formula is C24H27Cl2N5O3. The smallest absolute Gasteiger partial charge is 0.409 e. The number of aromatic nitrogens is 2. The summed E-state index contributed by atoms with van der Waals surface area (Å²) in [5.74, 6) is -0.183. The summed E-state index contributed by atoms with van der Waals surface area (Å²) in [6, 6.07) is 7.01. The Morgan fingerprint density at radius 3 is 2.76 bits per heavy atom. The van der Waals surface area contributed by atoms with Crippen LogP contribution in [0, 0.1) is 0 Å². The van der Waals surface area contributed by atoms with Crippen LogP contribution >= 0.6 is 23.2 Å². The number of hydrogen-bond donors (Lipinski definition) is 1. The highest BCUT2D eigenvalue weighted by atomic mass is 35.5. The number of imidazole rings is 1. The lowest BCUT2D eigenvalue weighted by Crippen LogP contribution is -2.50. The lowest BCUT2D eigenvalue weighted by molar-refractivity contribution is 0.0548. The van der Waals surface area contributed by atoms with Crippen LogP contribution in [0.1, 0.15) is 35.8 Å². The summed E-state index contributed by atoms with van der Waals surface area (Å²) in [5.41, 5.74) is 9.46. The van der Waals surface area contributed by atoms with Gasteiger partial charge in [-0.05, 0) is 43.5 Å². The number of halogens is 2. The summed E-state index contributed by atoms with van der Waals surface area (Å²) >= 11 is 12.5. The van der Waals surface area contributed by atoms with Crippen LogP contribution in [0.25, 0.3) is 16.8 Å². The first kappa shape index (κ1) is 24.3. The maximum atomic E-state index is 13.5. The van der Waals surface area contributed by atoms with E-state index in [1.54, 1.807) is 46.5 Å². The number of nitrogens with two attached hydrogens (primary N) is 1. The van der Waals surface area contributed by atoms with Gasteiger partial charge in [0, 0.05) is 60.1 Å². The van der Waals surface area contributed by atoms with E-state index in [4.69, 9.17) is 33.7 Å². The molecule has 4 rings (SSSR count). The molecule has 1 aliphatic rings. The number of hydrogen-bond acceptors (Lipinski definition) is 5. The molecule has 0 spiro atoms. The highest BCUT2D eigenvalue weighted by molar-refractivity contribution is 6.36. The Bertz CT molecular complexity index is 1230. The van der Waals surface area contributed by atoms with Gasteiger partial charge in [-0.3, -0.25) is 9.20 Å². The number of likely N-dealkylation sites (N-methyl/N-ethyl adjacent to an activating group) is 1. The van der Waals surface area contributed by atoms with Gasteiger partial charge in [0.05, 0.1) is 12.8 Å². The van der Waals surface area contributed by atoms with Crippen LogP contribution in [0.15, 0.2) is 36.7 Å². The number of carbonyl (C=O) groups excluding carboxylic acids is 2. The van der Waals surface area contributed by atoms with E-state index in [0.29, 0.717) is 41.1 Å². The third-order valence-corrected chi connectivity index (χ3v) is 6.73. The summed E-state index contributed by atoms with van der Waals surface area (Å²) in [7, 11) is 1.76. The fraction of sp³-hybridized carbons (Fsp3) is 0.375. The topological polar surface area (TPSA) is 93.2 Å². The number of pyridine rings is 1. The zero-order chi connectivity index (χ0) is 24.4. The minimum Gasteiger partial charge on any atom is -0.450 e. The van der Waals surface area contributed by atoms with E-state index >= 15 is 0 Å². The lowest BCUT2D eigenvalue weighted by atomic mass is 10.0. The number of amides is 2. The minimum absolute atomic E-state index is 0.121. The van der Waals surface area contributed by atoms with Crippen molar-refractivity contribution in [2.75, 3.05) is 26.7 Å². The average Bonchev–Trinajstić information content (AvgIpc) is 3.25. The van der Waals surface area contributed by atoms with Gasteiger partial charge in [0.2, 0.25) is 0 Å². The van der Waals surface area contributed by atoms with Gasteiger partial charge in [-0.2, -0.15) is 0 Å². The zero-order valence-corrected chi connectivity index (χ0v) is 20.6. The van der Waals surface area contributed by atoms with Gasteiger partial charge in [0.15, 0.2) is 0 Å². The summed E-state index contributed by atoms with van der Waals surface area (Å²) < 4.78 is 6.89. The SMILES string of the molecule is CCOC(=O)N1CCCC(N(C)C(=O)c2cnc3cc(CN)c(-c4ccc(Cl)cc4Cl)cn23)C1. The monoisotopic (exact) mass is 503 g/mol. The third kappa shape index (κ3) is 4.71. The molecule has 3 aromatic rings. The summed E-state index contributed by atoms with van der Waals surface area (Å²) in [6.07, 6.45) is 4.66. The Balaban J connectivity index is 1.66. The molecule has 34 heavy (non-hydrogen) atoms. The predicted octanol–water partition coefficient (Wildman–Crippen LogP) is 4.46. The van der Waals surface area contributed by atoms with Crippen molar-refractivity contribution < 1.29 is 14.3 Å². The second-order valence-electron chi connectivity index (χ2n) is 8.27. The van der Waals surface area contributed by atoms with Gasteiger partial charge in [-0.15, -0.1) is 0 Å². The number of carbonyl (C=O) groups is 2.